The average Bonchev–Trinajstić information content (AvgIpc) is 3.01. The van der Waals surface area contributed by atoms with Gasteiger partial charge in [0.2, 0.25) is 5.91 Å². The van der Waals surface area contributed by atoms with Crippen LogP contribution in [0, 0.1) is 0 Å². The molecule has 0 unspecified atom stereocenters. The number of hydrogen-bond acceptors (Lipinski definition) is 5. The number of hydrogen-bond donors (Lipinski definition) is 3. The molecule has 2 rings (SSSR count). The summed E-state index contributed by atoms with van der Waals surface area (Å²) in [6.07, 6.45) is 1.17. The summed E-state index contributed by atoms with van der Waals surface area (Å²) in [5.41, 5.74) is 7.10. The van der Waals surface area contributed by atoms with Crippen LogP contribution in [0.2, 0.25) is 0 Å². The first kappa shape index (κ1) is 19.1. The van der Waals surface area contributed by atoms with E-state index in [0.717, 1.165) is 17.7 Å². The topological polar surface area (TPSA) is 106 Å². The molecule has 1 heterocycles. The van der Waals surface area contributed by atoms with Gasteiger partial charge in [-0.1, -0.05) is 0 Å². The number of aromatic nitrogens is 3. The van der Waals surface area contributed by atoms with E-state index in [-0.39, 0.29) is 18.3 Å². The first-order valence-electron chi connectivity index (χ1n) is 7.32. The zero-order valence-electron chi connectivity index (χ0n) is 13.0. The van der Waals surface area contributed by atoms with Crippen LogP contribution in [0.4, 0.5) is 5.69 Å². The minimum absolute atomic E-state index is 0. The van der Waals surface area contributed by atoms with E-state index in [1.165, 1.54) is 0 Å². The number of benzene rings is 1. The van der Waals surface area contributed by atoms with Crippen molar-refractivity contribution in [2.75, 3.05) is 18.5 Å². The molecule has 1 amide bonds. The van der Waals surface area contributed by atoms with Crippen molar-refractivity contribution in [3.05, 3.63) is 30.1 Å². The lowest BCUT2D eigenvalue weighted by Gasteiger charge is -2.06. The van der Waals surface area contributed by atoms with Gasteiger partial charge in [-0.2, -0.15) is 5.10 Å². The Morgan fingerprint density at radius 2 is 2.09 bits per heavy atom. The summed E-state index contributed by atoms with van der Waals surface area (Å²) < 4.78 is 5.20. The molecule has 0 aliphatic heterocycles. The van der Waals surface area contributed by atoms with Gasteiger partial charge in [0.05, 0.1) is 6.54 Å². The van der Waals surface area contributed by atoms with Crippen LogP contribution in [0.25, 0.3) is 11.4 Å². The molecule has 7 nitrogen and oxygen atoms in total. The Balaban J connectivity index is 0.00000264. The maximum Gasteiger partial charge on any atom is 0.224 e. The van der Waals surface area contributed by atoms with Gasteiger partial charge in [-0.15, -0.1) is 12.4 Å². The van der Waals surface area contributed by atoms with Crippen LogP contribution in [-0.2, 0) is 16.1 Å². The van der Waals surface area contributed by atoms with Crippen LogP contribution in [0.1, 0.15) is 25.6 Å². The van der Waals surface area contributed by atoms with Gasteiger partial charge in [0.25, 0.3) is 0 Å². The number of H-pyrrole nitrogens is 1. The highest BCUT2D eigenvalue weighted by Crippen LogP contribution is 2.18. The Hall–Kier alpha value is -1.96. The zero-order valence-corrected chi connectivity index (χ0v) is 13.9. The first-order valence-corrected chi connectivity index (χ1v) is 7.32. The molecule has 1 aromatic carbocycles. The molecule has 0 atom stereocenters. The maximum atomic E-state index is 11.8. The predicted molar refractivity (Wildman–Crippen MR) is 91.3 cm³/mol. The number of nitrogens with zero attached hydrogens (tertiary/aromatic N) is 2. The van der Waals surface area contributed by atoms with Crippen LogP contribution >= 0.6 is 12.4 Å². The second kappa shape index (κ2) is 9.94. The normalized spacial score (nSPS) is 10.2. The van der Waals surface area contributed by atoms with Gasteiger partial charge >= 0.3 is 0 Å². The van der Waals surface area contributed by atoms with Crippen molar-refractivity contribution >= 4 is 24.0 Å². The number of carbonyl (C=O) groups is 1. The molecule has 0 aliphatic rings. The number of halogens is 1. The standard InChI is InChI=1S/C15H21N5O2.ClH/c1-2-22-9-3-4-14(21)17-12-7-5-11(6-8-12)15-18-13(10-16)19-20-15;/h5-8H,2-4,9-10,16H2,1H3,(H,17,21)(H,18,19,20);1H. The summed E-state index contributed by atoms with van der Waals surface area (Å²) in [5.74, 6) is 1.22. The Bertz CT molecular complexity index is 600. The largest absolute Gasteiger partial charge is 0.382 e. The van der Waals surface area contributed by atoms with Crippen molar-refractivity contribution in [3.63, 3.8) is 0 Å². The minimum atomic E-state index is -0.0178. The van der Waals surface area contributed by atoms with Gasteiger partial charge in [-0.3, -0.25) is 9.89 Å². The number of carbonyl (C=O) groups excluding carboxylic acids is 1. The predicted octanol–water partition coefficient (Wildman–Crippen LogP) is 2.11. The molecular weight excluding hydrogens is 318 g/mol. The molecule has 2 aromatic rings. The number of nitrogens with two attached hydrogens (primary N) is 1. The van der Waals surface area contributed by atoms with Crippen LogP contribution in [0.15, 0.2) is 24.3 Å². The zero-order chi connectivity index (χ0) is 15.8. The number of nitrogens with one attached hydrogen (secondary N) is 2. The second-order valence-electron chi connectivity index (χ2n) is 4.74. The van der Waals surface area contributed by atoms with E-state index in [1.54, 1.807) is 0 Å². The maximum absolute atomic E-state index is 11.8. The molecule has 0 fully saturated rings. The molecule has 0 saturated carbocycles. The fourth-order valence-corrected chi connectivity index (χ4v) is 1.92. The van der Waals surface area contributed by atoms with Crippen LogP contribution in [0.3, 0.4) is 0 Å². The summed E-state index contributed by atoms with van der Waals surface area (Å²) in [6.45, 7) is 3.54. The number of rotatable bonds is 8. The lowest BCUT2D eigenvalue weighted by Crippen LogP contribution is -2.12. The van der Waals surface area contributed by atoms with E-state index in [9.17, 15) is 4.79 Å². The van der Waals surface area contributed by atoms with Crippen molar-refractivity contribution in [2.45, 2.75) is 26.3 Å². The highest BCUT2D eigenvalue weighted by Gasteiger charge is 2.06. The van der Waals surface area contributed by atoms with E-state index in [0.29, 0.717) is 37.8 Å². The summed E-state index contributed by atoms with van der Waals surface area (Å²) >= 11 is 0. The molecule has 0 aliphatic carbocycles. The van der Waals surface area contributed by atoms with Gasteiger partial charge in [0.1, 0.15) is 5.82 Å². The number of amides is 1. The minimum Gasteiger partial charge on any atom is -0.382 e. The number of aromatic amines is 1. The van der Waals surface area contributed by atoms with Gasteiger partial charge in [-0.05, 0) is 37.6 Å². The highest BCUT2D eigenvalue weighted by atomic mass is 35.5. The van der Waals surface area contributed by atoms with Crippen LogP contribution < -0.4 is 11.1 Å². The lowest BCUT2D eigenvalue weighted by atomic mass is 10.2. The number of anilines is 1. The monoisotopic (exact) mass is 339 g/mol. The Kier molecular flexibility index (Phi) is 8.25. The SMILES string of the molecule is CCOCCCC(=O)Nc1ccc(-c2n[nH]c(CN)n2)cc1.Cl. The fourth-order valence-electron chi connectivity index (χ4n) is 1.92. The molecule has 0 spiro atoms. The van der Waals surface area contributed by atoms with Crippen molar-refractivity contribution in [2.24, 2.45) is 5.73 Å². The van der Waals surface area contributed by atoms with Gasteiger partial charge in [0.15, 0.2) is 5.82 Å². The smallest absolute Gasteiger partial charge is 0.224 e. The van der Waals surface area contributed by atoms with Crippen molar-refractivity contribution in [1.82, 2.24) is 15.2 Å². The third-order valence-corrected chi connectivity index (χ3v) is 3.05. The number of ether oxygens (including phenoxy) is 1. The van der Waals surface area contributed by atoms with Crippen molar-refractivity contribution in [3.8, 4) is 11.4 Å². The molecule has 0 bridgehead atoms. The third kappa shape index (κ3) is 5.97. The molecule has 0 saturated heterocycles. The van der Waals surface area contributed by atoms with E-state index >= 15 is 0 Å². The van der Waals surface area contributed by atoms with Crippen molar-refractivity contribution < 1.29 is 9.53 Å². The van der Waals surface area contributed by atoms with E-state index in [2.05, 4.69) is 20.5 Å². The Labute approximate surface area is 141 Å². The van der Waals surface area contributed by atoms with Gasteiger partial charge in [-0.25, -0.2) is 4.98 Å². The summed E-state index contributed by atoms with van der Waals surface area (Å²) in [7, 11) is 0. The molecule has 4 N–H and O–H groups in total. The molecule has 1 aromatic heterocycles. The Morgan fingerprint density at radius 1 is 1.35 bits per heavy atom. The second-order valence-corrected chi connectivity index (χ2v) is 4.74. The van der Waals surface area contributed by atoms with E-state index in [4.69, 9.17) is 10.5 Å². The van der Waals surface area contributed by atoms with Gasteiger partial charge in [0, 0.05) is 30.9 Å². The summed E-state index contributed by atoms with van der Waals surface area (Å²) in [4.78, 5) is 16.0. The van der Waals surface area contributed by atoms with E-state index < -0.39 is 0 Å². The summed E-state index contributed by atoms with van der Waals surface area (Å²) in [6, 6.07) is 7.38. The molecule has 126 valence electrons. The molecule has 23 heavy (non-hydrogen) atoms. The lowest BCUT2D eigenvalue weighted by molar-refractivity contribution is -0.116. The highest BCUT2D eigenvalue weighted by molar-refractivity contribution is 5.90. The third-order valence-electron chi connectivity index (χ3n) is 3.05. The van der Waals surface area contributed by atoms with Crippen molar-refractivity contribution in [1.29, 1.82) is 0 Å². The quantitative estimate of drug-likeness (QED) is 0.639. The van der Waals surface area contributed by atoms with Crippen LogP contribution in [-0.4, -0.2) is 34.3 Å². The Morgan fingerprint density at radius 3 is 2.70 bits per heavy atom. The average molecular weight is 340 g/mol. The summed E-state index contributed by atoms with van der Waals surface area (Å²) in [5, 5.41) is 9.71. The van der Waals surface area contributed by atoms with Gasteiger partial charge < -0.3 is 15.8 Å². The molecular formula is C15H22ClN5O2. The fraction of sp³-hybridized carbons (Fsp3) is 0.400. The first-order chi connectivity index (χ1) is 10.7. The molecule has 8 heteroatoms. The molecule has 0 radical (unpaired) electrons. The van der Waals surface area contributed by atoms with E-state index in [1.807, 2.05) is 31.2 Å². The van der Waals surface area contributed by atoms with Crippen LogP contribution in [0.5, 0.6) is 0 Å².